The van der Waals surface area contributed by atoms with Gasteiger partial charge in [-0.2, -0.15) is 0 Å². The van der Waals surface area contributed by atoms with Crippen molar-refractivity contribution in [1.29, 1.82) is 0 Å². The lowest BCUT2D eigenvalue weighted by Crippen LogP contribution is -2.37. The molecule has 106 valence electrons. The summed E-state index contributed by atoms with van der Waals surface area (Å²) in [5.41, 5.74) is 1.02. The molecule has 1 fully saturated rings. The van der Waals surface area contributed by atoms with Crippen LogP contribution in [0.25, 0.3) is 0 Å². The lowest BCUT2D eigenvalue weighted by atomic mass is 9.94. The van der Waals surface area contributed by atoms with Crippen LogP contribution in [0.1, 0.15) is 37.7 Å². The third kappa shape index (κ3) is 4.73. The highest BCUT2D eigenvalue weighted by Crippen LogP contribution is 2.25. The highest BCUT2D eigenvalue weighted by Gasteiger charge is 2.20. The van der Waals surface area contributed by atoms with E-state index >= 15 is 0 Å². The number of rotatable bonds is 5. The number of hydrogen-bond acceptors (Lipinski definition) is 1. The molecule has 0 N–H and O–H groups in total. The first-order chi connectivity index (χ1) is 9.19. The highest BCUT2D eigenvalue weighted by atomic mass is 79.9. The molecule has 0 aromatic heterocycles. The van der Waals surface area contributed by atoms with Crippen LogP contribution in [0.4, 0.5) is 4.39 Å². The van der Waals surface area contributed by atoms with E-state index in [4.69, 9.17) is 11.6 Å². The maximum absolute atomic E-state index is 13.4. The molecule has 0 atom stereocenters. The Morgan fingerprint density at radius 3 is 2.58 bits per heavy atom. The summed E-state index contributed by atoms with van der Waals surface area (Å²) in [4.78, 5) is 2.41. The maximum Gasteiger partial charge on any atom is 0.124 e. The highest BCUT2D eigenvalue weighted by molar-refractivity contribution is 9.10. The molecule has 0 bridgehead atoms. The summed E-state index contributed by atoms with van der Waals surface area (Å²) in [6.45, 7) is 1.66. The van der Waals surface area contributed by atoms with Gasteiger partial charge in [0.1, 0.15) is 5.82 Å². The van der Waals surface area contributed by atoms with Crippen LogP contribution in [0.5, 0.6) is 0 Å². The predicted octanol–water partition coefficient (Wildman–Crippen LogP) is 4.96. The van der Waals surface area contributed by atoms with E-state index in [0.29, 0.717) is 11.9 Å². The Hall–Kier alpha value is -0.120. The fraction of sp³-hybridized carbons (Fsp3) is 0.600. The van der Waals surface area contributed by atoms with Crippen molar-refractivity contribution in [3.05, 3.63) is 34.1 Å². The number of hydrogen-bond donors (Lipinski definition) is 0. The van der Waals surface area contributed by atoms with Gasteiger partial charge in [0.15, 0.2) is 0 Å². The SMILES string of the molecule is Fc1cc(Br)cc(CN(CCCl)C2CCCCC2)c1. The van der Waals surface area contributed by atoms with Crippen molar-refractivity contribution in [2.45, 2.75) is 44.7 Å². The van der Waals surface area contributed by atoms with E-state index in [-0.39, 0.29) is 5.82 Å². The second kappa shape index (κ2) is 7.61. The molecular formula is C15H20BrClFN. The van der Waals surface area contributed by atoms with Crippen molar-refractivity contribution in [1.82, 2.24) is 4.90 Å². The standard InChI is InChI=1S/C15H20BrClFN/c16-13-8-12(9-14(18)10-13)11-19(7-6-17)15-4-2-1-3-5-15/h8-10,15H,1-7,11H2. The second-order valence-electron chi connectivity index (χ2n) is 5.23. The molecule has 1 aliphatic rings. The Labute approximate surface area is 128 Å². The van der Waals surface area contributed by atoms with Crippen molar-refractivity contribution in [2.75, 3.05) is 12.4 Å². The molecule has 2 rings (SSSR count). The molecule has 0 heterocycles. The molecule has 1 nitrogen and oxygen atoms in total. The van der Waals surface area contributed by atoms with Gasteiger partial charge in [0.25, 0.3) is 0 Å². The van der Waals surface area contributed by atoms with E-state index in [0.717, 1.165) is 23.1 Å². The Morgan fingerprint density at radius 2 is 1.95 bits per heavy atom. The van der Waals surface area contributed by atoms with Crippen LogP contribution in [0.15, 0.2) is 22.7 Å². The van der Waals surface area contributed by atoms with Crippen molar-refractivity contribution < 1.29 is 4.39 Å². The van der Waals surface area contributed by atoms with Crippen LogP contribution in [-0.2, 0) is 6.54 Å². The van der Waals surface area contributed by atoms with Crippen molar-refractivity contribution >= 4 is 27.5 Å². The number of benzene rings is 1. The normalized spacial score (nSPS) is 17.1. The van der Waals surface area contributed by atoms with E-state index in [9.17, 15) is 4.39 Å². The van der Waals surface area contributed by atoms with Gasteiger partial charge in [-0.25, -0.2) is 4.39 Å². The summed E-state index contributed by atoms with van der Waals surface area (Å²) in [5.74, 6) is 0.450. The molecule has 0 unspecified atom stereocenters. The minimum absolute atomic E-state index is 0.182. The zero-order valence-electron chi connectivity index (χ0n) is 11.0. The van der Waals surface area contributed by atoms with Crippen LogP contribution < -0.4 is 0 Å². The number of halogens is 3. The van der Waals surface area contributed by atoms with Crippen LogP contribution in [0, 0.1) is 5.82 Å². The lowest BCUT2D eigenvalue weighted by Gasteiger charge is -2.34. The monoisotopic (exact) mass is 347 g/mol. The quantitative estimate of drug-likeness (QED) is 0.680. The van der Waals surface area contributed by atoms with Gasteiger partial charge in [-0.05, 0) is 36.6 Å². The maximum atomic E-state index is 13.4. The zero-order valence-corrected chi connectivity index (χ0v) is 13.4. The number of nitrogens with zero attached hydrogens (tertiary/aromatic N) is 1. The summed E-state index contributed by atoms with van der Waals surface area (Å²) in [5, 5.41) is 0. The molecule has 0 spiro atoms. The van der Waals surface area contributed by atoms with Crippen LogP contribution in [0.2, 0.25) is 0 Å². The van der Waals surface area contributed by atoms with E-state index in [1.165, 1.54) is 38.2 Å². The summed E-state index contributed by atoms with van der Waals surface area (Å²) in [6, 6.07) is 5.72. The Bertz CT molecular complexity index is 387. The minimum Gasteiger partial charge on any atom is -0.295 e. The van der Waals surface area contributed by atoms with Gasteiger partial charge in [0, 0.05) is 29.5 Å². The van der Waals surface area contributed by atoms with Gasteiger partial charge in [-0.1, -0.05) is 35.2 Å². The Morgan fingerprint density at radius 1 is 1.21 bits per heavy atom. The molecule has 1 saturated carbocycles. The topological polar surface area (TPSA) is 3.24 Å². The largest absolute Gasteiger partial charge is 0.295 e. The first-order valence-corrected chi connectivity index (χ1v) is 8.27. The fourth-order valence-electron chi connectivity index (χ4n) is 2.88. The van der Waals surface area contributed by atoms with Crippen molar-refractivity contribution in [2.24, 2.45) is 0 Å². The molecule has 1 aliphatic carbocycles. The van der Waals surface area contributed by atoms with E-state index in [1.807, 2.05) is 6.07 Å². The molecule has 1 aromatic carbocycles. The van der Waals surface area contributed by atoms with Gasteiger partial charge in [-0.15, -0.1) is 11.6 Å². The first-order valence-electron chi connectivity index (χ1n) is 6.94. The molecule has 19 heavy (non-hydrogen) atoms. The molecule has 0 amide bonds. The average molecular weight is 349 g/mol. The van der Waals surface area contributed by atoms with E-state index in [1.54, 1.807) is 6.07 Å². The molecule has 1 aromatic rings. The zero-order chi connectivity index (χ0) is 13.7. The smallest absolute Gasteiger partial charge is 0.124 e. The summed E-state index contributed by atoms with van der Waals surface area (Å²) >= 11 is 9.27. The van der Waals surface area contributed by atoms with Gasteiger partial charge in [0.05, 0.1) is 0 Å². The van der Waals surface area contributed by atoms with Crippen LogP contribution >= 0.6 is 27.5 Å². The van der Waals surface area contributed by atoms with Crippen molar-refractivity contribution in [3.8, 4) is 0 Å². The fourth-order valence-corrected chi connectivity index (χ4v) is 3.61. The molecule has 0 radical (unpaired) electrons. The van der Waals surface area contributed by atoms with Crippen molar-refractivity contribution in [3.63, 3.8) is 0 Å². The third-order valence-electron chi connectivity index (χ3n) is 3.77. The predicted molar refractivity (Wildman–Crippen MR) is 82.1 cm³/mol. The van der Waals surface area contributed by atoms with E-state index in [2.05, 4.69) is 20.8 Å². The molecule has 0 aliphatic heterocycles. The van der Waals surface area contributed by atoms with Gasteiger partial charge in [-0.3, -0.25) is 4.90 Å². The second-order valence-corrected chi connectivity index (χ2v) is 6.52. The Balaban J connectivity index is 2.06. The summed E-state index contributed by atoms with van der Waals surface area (Å²) in [7, 11) is 0. The van der Waals surface area contributed by atoms with Gasteiger partial charge in [0.2, 0.25) is 0 Å². The van der Waals surface area contributed by atoms with Crippen LogP contribution in [-0.4, -0.2) is 23.4 Å². The number of alkyl halides is 1. The average Bonchev–Trinajstić information content (AvgIpc) is 2.38. The van der Waals surface area contributed by atoms with E-state index < -0.39 is 0 Å². The minimum atomic E-state index is -0.182. The van der Waals surface area contributed by atoms with Gasteiger partial charge >= 0.3 is 0 Å². The summed E-state index contributed by atoms with van der Waals surface area (Å²) in [6.07, 6.45) is 6.43. The summed E-state index contributed by atoms with van der Waals surface area (Å²) < 4.78 is 14.2. The molecular weight excluding hydrogens is 329 g/mol. The first kappa shape index (κ1) is 15.3. The third-order valence-corrected chi connectivity index (χ3v) is 4.40. The lowest BCUT2D eigenvalue weighted by molar-refractivity contribution is 0.157. The van der Waals surface area contributed by atoms with Gasteiger partial charge < -0.3 is 0 Å². The Kier molecular flexibility index (Phi) is 6.11. The molecule has 4 heteroatoms. The van der Waals surface area contributed by atoms with Crippen LogP contribution in [0.3, 0.4) is 0 Å². The molecule has 0 saturated heterocycles.